The third kappa shape index (κ3) is 1.99. The molecular weight excluding hydrogens is 258 g/mol. The third-order valence-corrected chi connectivity index (χ3v) is 3.64. The van der Waals surface area contributed by atoms with Crippen LogP contribution >= 0.6 is 0 Å². The van der Waals surface area contributed by atoms with Crippen LogP contribution in [0.2, 0.25) is 0 Å². The highest BCUT2D eigenvalue weighted by atomic mass is 15.3. The molecule has 1 aromatic heterocycles. The molecule has 1 heterocycles. The molecule has 3 aromatic carbocycles. The third-order valence-electron chi connectivity index (χ3n) is 3.64. The maximum absolute atomic E-state index is 4.35. The smallest absolute Gasteiger partial charge is 0.121 e. The predicted molar refractivity (Wildman–Crippen MR) is 84.8 cm³/mol. The maximum atomic E-state index is 4.35. The van der Waals surface area contributed by atoms with Crippen LogP contribution in [0, 0.1) is 0 Å². The van der Waals surface area contributed by atoms with Crippen LogP contribution in [0.15, 0.2) is 72.8 Å². The fourth-order valence-electron chi connectivity index (χ4n) is 2.63. The SMILES string of the molecule is c1ccc(-c2ccc(-c3ccccc3)c3n[nH]nc23)cc1. The molecule has 0 saturated heterocycles. The molecule has 4 aromatic rings. The second kappa shape index (κ2) is 4.87. The van der Waals surface area contributed by atoms with Crippen LogP contribution in [0.25, 0.3) is 33.3 Å². The van der Waals surface area contributed by atoms with Gasteiger partial charge in [-0.2, -0.15) is 15.4 Å². The van der Waals surface area contributed by atoms with E-state index in [1.165, 1.54) is 0 Å². The number of H-pyrrole nitrogens is 1. The van der Waals surface area contributed by atoms with Crippen molar-refractivity contribution < 1.29 is 0 Å². The summed E-state index contributed by atoms with van der Waals surface area (Å²) in [7, 11) is 0. The van der Waals surface area contributed by atoms with Crippen molar-refractivity contribution >= 4 is 11.0 Å². The van der Waals surface area contributed by atoms with Gasteiger partial charge in [0.05, 0.1) is 0 Å². The molecule has 21 heavy (non-hydrogen) atoms. The van der Waals surface area contributed by atoms with Crippen LogP contribution in [0.3, 0.4) is 0 Å². The summed E-state index contributed by atoms with van der Waals surface area (Å²) in [6.45, 7) is 0. The predicted octanol–water partition coefficient (Wildman–Crippen LogP) is 4.29. The Hall–Kier alpha value is -2.94. The molecule has 0 saturated carbocycles. The van der Waals surface area contributed by atoms with Crippen molar-refractivity contribution in [1.29, 1.82) is 0 Å². The van der Waals surface area contributed by atoms with E-state index in [9.17, 15) is 0 Å². The Kier molecular flexibility index (Phi) is 2.75. The number of aromatic amines is 1. The van der Waals surface area contributed by atoms with Gasteiger partial charge in [0.25, 0.3) is 0 Å². The van der Waals surface area contributed by atoms with Gasteiger partial charge in [0.2, 0.25) is 0 Å². The van der Waals surface area contributed by atoms with Crippen LogP contribution in [0.1, 0.15) is 0 Å². The topological polar surface area (TPSA) is 41.6 Å². The minimum atomic E-state index is 0.905. The summed E-state index contributed by atoms with van der Waals surface area (Å²) in [5.41, 5.74) is 6.30. The van der Waals surface area contributed by atoms with E-state index in [-0.39, 0.29) is 0 Å². The zero-order valence-corrected chi connectivity index (χ0v) is 11.3. The summed E-state index contributed by atoms with van der Waals surface area (Å²) in [6, 6.07) is 24.8. The Morgan fingerprint density at radius 2 is 0.952 bits per heavy atom. The number of hydrogen-bond acceptors (Lipinski definition) is 2. The van der Waals surface area contributed by atoms with Gasteiger partial charge >= 0.3 is 0 Å². The summed E-state index contributed by atoms with van der Waals surface area (Å²) in [4.78, 5) is 0. The highest BCUT2D eigenvalue weighted by molar-refractivity contribution is 6.00. The van der Waals surface area contributed by atoms with Gasteiger partial charge < -0.3 is 0 Å². The molecule has 0 atom stereocenters. The fraction of sp³-hybridized carbons (Fsp3) is 0. The van der Waals surface area contributed by atoms with Crippen molar-refractivity contribution in [2.24, 2.45) is 0 Å². The first-order chi connectivity index (χ1) is 10.4. The van der Waals surface area contributed by atoms with Crippen LogP contribution in [0.4, 0.5) is 0 Å². The zero-order chi connectivity index (χ0) is 14.1. The van der Waals surface area contributed by atoms with Crippen molar-refractivity contribution in [3.05, 3.63) is 72.8 Å². The van der Waals surface area contributed by atoms with Crippen molar-refractivity contribution in [2.45, 2.75) is 0 Å². The Balaban J connectivity index is 1.97. The fourth-order valence-corrected chi connectivity index (χ4v) is 2.63. The molecule has 0 unspecified atom stereocenters. The standard InChI is InChI=1S/C18H13N3/c1-3-7-13(8-4-1)15-11-12-16(14-9-5-2-6-10-14)18-17(15)19-21-20-18/h1-12H,(H,19,20,21). The largest absolute Gasteiger partial charge is 0.197 e. The molecule has 0 aliphatic carbocycles. The quantitative estimate of drug-likeness (QED) is 0.591. The van der Waals surface area contributed by atoms with E-state index in [1.54, 1.807) is 0 Å². The van der Waals surface area contributed by atoms with Gasteiger partial charge in [-0.3, -0.25) is 0 Å². The molecule has 0 radical (unpaired) electrons. The van der Waals surface area contributed by atoms with Gasteiger partial charge in [0, 0.05) is 11.1 Å². The molecule has 0 amide bonds. The van der Waals surface area contributed by atoms with E-state index in [2.05, 4.69) is 51.8 Å². The van der Waals surface area contributed by atoms with Crippen molar-refractivity contribution in [1.82, 2.24) is 15.4 Å². The van der Waals surface area contributed by atoms with Crippen LogP contribution < -0.4 is 0 Å². The van der Waals surface area contributed by atoms with Crippen molar-refractivity contribution in [2.75, 3.05) is 0 Å². The number of nitrogens with one attached hydrogen (secondary N) is 1. The molecule has 0 aliphatic rings. The molecular formula is C18H13N3. The second-order valence-electron chi connectivity index (χ2n) is 4.91. The van der Waals surface area contributed by atoms with E-state index in [0.29, 0.717) is 0 Å². The average molecular weight is 271 g/mol. The van der Waals surface area contributed by atoms with Crippen LogP contribution in [-0.2, 0) is 0 Å². The molecule has 0 bridgehead atoms. The lowest BCUT2D eigenvalue weighted by atomic mass is 9.98. The summed E-state index contributed by atoms with van der Waals surface area (Å²) < 4.78 is 0. The Morgan fingerprint density at radius 3 is 1.38 bits per heavy atom. The summed E-state index contributed by atoms with van der Waals surface area (Å²) in [6.07, 6.45) is 0. The molecule has 100 valence electrons. The van der Waals surface area contributed by atoms with Gasteiger partial charge in [-0.15, -0.1) is 0 Å². The molecule has 4 rings (SSSR count). The number of rotatable bonds is 2. The average Bonchev–Trinajstić information content (AvgIpc) is 3.05. The monoisotopic (exact) mass is 271 g/mol. The van der Waals surface area contributed by atoms with Crippen molar-refractivity contribution in [3.8, 4) is 22.3 Å². The van der Waals surface area contributed by atoms with E-state index < -0.39 is 0 Å². The molecule has 3 nitrogen and oxygen atoms in total. The summed E-state index contributed by atoms with van der Waals surface area (Å²) >= 11 is 0. The van der Waals surface area contributed by atoms with E-state index in [4.69, 9.17) is 0 Å². The molecule has 3 heteroatoms. The minimum Gasteiger partial charge on any atom is -0.197 e. The minimum absolute atomic E-state index is 0.905. The van der Waals surface area contributed by atoms with Crippen LogP contribution in [0.5, 0.6) is 0 Å². The molecule has 1 N–H and O–H groups in total. The molecule has 0 spiro atoms. The Labute approximate surface area is 122 Å². The normalized spacial score (nSPS) is 10.9. The molecule has 0 fully saturated rings. The number of hydrogen-bond donors (Lipinski definition) is 1. The first kappa shape index (κ1) is 11.9. The number of benzene rings is 3. The Morgan fingerprint density at radius 1 is 0.524 bits per heavy atom. The highest BCUT2D eigenvalue weighted by Crippen LogP contribution is 2.32. The number of fused-ring (bicyclic) bond motifs is 1. The summed E-state index contributed by atoms with van der Waals surface area (Å²) in [5, 5.41) is 11.4. The maximum Gasteiger partial charge on any atom is 0.121 e. The van der Waals surface area contributed by atoms with E-state index in [0.717, 1.165) is 33.3 Å². The van der Waals surface area contributed by atoms with Gasteiger partial charge in [0.1, 0.15) is 11.0 Å². The first-order valence-corrected chi connectivity index (χ1v) is 6.88. The van der Waals surface area contributed by atoms with E-state index in [1.807, 2.05) is 36.4 Å². The lowest BCUT2D eigenvalue weighted by Crippen LogP contribution is -1.85. The number of nitrogens with zero attached hydrogens (tertiary/aromatic N) is 2. The van der Waals surface area contributed by atoms with E-state index >= 15 is 0 Å². The lowest BCUT2D eigenvalue weighted by molar-refractivity contribution is 0.960. The molecule has 0 aliphatic heterocycles. The van der Waals surface area contributed by atoms with Gasteiger partial charge in [-0.25, -0.2) is 0 Å². The second-order valence-corrected chi connectivity index (χ2v) is 4.91. The zero-order valence-electron chi connectivity index (χ0n) is 11.3. The van der Waals surface area contributed by atoms with Crippen molar-refractivity contribution in [3.63, 3.8) is 0 Å². The van der Waals surface area contributed by atoms with Gasteiger partial charge in [-0.1, -0.05) is 72.8 Å². The summed E-state index contributed by atoms with van der Waals surface area (Å²) in [5.74, 6) is 0. The Bertz CT molecular complexity index is 807. The van der Waals surface area contributed by atoms with Crippen LogP contribution in [-0.4, -0.2) is 15.4 Å². The highest BCUT2D eigenvalue weighted by Gasteiger charge is 2.12. The first-order valence-electron chi connectivity index (χ1n) is 6.88. The lowest BCUT2D eigenvalue weighted by Gasteiger charge is -2.06. The number of aromatic nitrogens is 3. The van der Waals surface area contributed by atoms with Gasteiger partial charge in [-0.05, 0) is 11.1 Å². The van der Waals surface area contributed by atoms with Gasteiger partial charge in [0.15, 0.2) is 0 Å².